The van der Waals surface area contributed by atoms with Gasteiger partial charge in [0.1, 0.15) is 11.4 Å². The van der Waals surface area contributed by atoms with Gasteiger partial charge in [-0.2, -0.15) is 26.3 Å². The largest absolute Gasteiger partial charge is 0.497 e. The van der Waals surface area contributed by atoms with Gasteiger partial charge in [0.15, 0.2) is 0 Å². The Balaban J connectivity index is 2.98. The Morgan fingerprint density at radius 1 is 1.04 bits per heavy atom. The molecule has 0 aliphatic rings. The number of rotatable bonds is 3. The SMILES string of the molecule is COC(=O)c1cc(OC)cc2c(C(=O)C(F)(F)F)c(C(F)(F)F)[nH]c12. The number of ketones is 1. The van der Waals surface area contributed by atoms with E-state index in [-0.39, 0.29) is 5.75 Å². The van der Waals surface area contributed by atoms with Crippen LogP contribution in [0.1, 0.15) is 26.4 Å². The van der Waals surface area contributed by atoms with Crippen LogP contribution < -0.4 is 4.74 Å². The monoisotopic (exact) mass is 369 g/mol. The van der Waals surface area contributed by atoms with E-state index >= 15 is 0 Å². The fourth-order valence-electron chi connectivity index (χ4n) is 2.25. The topological polar surface area (TPSA) is 68.4 Å². The van der Waals surface area contributed by atoms with E-state index in [0.717, 1.165) is 26.4 Å². The molecular weight excluding hydrogens is 360 g/mol. The molecule has 11 heteroatoms. The van der Waals surface area contributed by atoms with E-state index in [0.29, 0.717) is 0 Å². The summed E-state index contributed by atoms with van der Waals surface area (Å²) in [7, 11) is 2.02. The van der Waals surface area contributed by atoms with Gasteiger partial charge in [-0.3, -0.25) is 4.79 Å². The van der Waals surface area contributed by atoms with Crippen LogP contribution in [0.15, 0.2) is 12.1 Å². The van der Waals surface area contributed by atoms with Crippen molar-refractivity contribution in [2.45, 2.75) is 12.4 Å². The van der Waals surface area contributed by atoms with Crippen molar-refractivity contribution in [3.8, 4) is 5.75 Å². The number of halogens is 6. The summed E-state index contributed by atoms with van der Waals surface area (Å²) >= 11 is 0. The summed E-state index contributed by atoms with van der Waals surface area (Å²) in [5.74, 6) is -4.04. The third-order valence-corrected chi connectivity index (χ3v) is 3.29. The van der Waals surface area contributed by atoms with Crippen LogP contribution in [-0.4, -0.2) is 37.1 Å². The lowest BCUT2D eigenvalue weighted by Gasteiger charge is -2.10. The highest BCUT2D eigenvalue weighted by Gasteiger charge is 2.47. The fraction of sp³-hybridized carbons (Fsp3) is 0.286. The molecule has 0 saturated carbocycles. The summed E-state index contributed by atoms with van der Waals surface area (Å²) in [4.78, 5) is 25.0. The zero-order chi connectivity index (χ0) is 19.2. The molecule has 0 aliphatic carbocycles. The Morgan fingerprint density at radius 3 is 2.08 bits per heavy atom. The van der Waals surface area contributed by atoms with E-state index in [4.69, 9.17) is 4.74 Å². The number of methoxy groups -OCH3 is 2. The van der Waals surface area contributed by atoms with Gasteiger partial charge < -0.3 is 14.5 Å². The lowest BCUT2D eigenvalue weighted by Crippen LogP contribution is -2.25. The molecule has 0 bridgehead atoms. The van der Waals surface area contributed by atoms with E-state index in [9.17, 15) is 35.9 Å². The second-order valence-corrected chi connectivity index (χ2v) is 4.79. The Labute approximate surface area is 135 Å². The zero-order valence-electron chi connectivity index (χ0n) is 12.6. The fourth-order valence-corrected chi connectivity index (χ4v) is 2.25. The van der Waals surface area contributed by atoms with E-state index in [1.807, 2.05) is 0 Å². The number of carbonyl (C=O) groups excluding carboxylic acids is 2. The Bertz CT molecular complexity index is 850. The van der Waals surface area contributed by atoms with Crippen molar-refractivity contribution < 1.29 is 45.4 Å². The molecule has 0 amide bonds. The molecule has 0 spiro atoms. The number of esters is 1. The first-order valence-corrected chi connectivity index (χ1v) is 6.42. The third-order valence-electron chi connectivity index (χ3n) is 3.29. The molecule has 136 valence electrons. The second-order valence-electron chi connectivity index (χ2n) is 4.79. The van der Waals surface area contributed by atoms with Gasteiger partial charge in [-0.05, 0) is 12.1 Å². The van der Waals surface area contributed by atoms with Gasteiger partial charge in [0.05, 0.1) is 30.9 Å². The Morgan fingerprint density at radius 2 is 1.64 bits per heavy atom. The Kier molecular flexibility index (Phi) is 4.45. The number of H-pyrrole nitrogens is 1. The number of hydrogen-bond acceptors (Lipinski definition) is 4. The summed E-state index contributed by atoms with van der Waals surface area (Å²) in [5, 5.41) is -0.755. The predicted octanol–water partition coefficient (Wildman–Crippen LogP) is 3.73. The first-order chi connectivity index (χ1) is 11.4. The number of nitrogens with one attached hydrogen (secondary N) is 1. The molecule has 2 rings (SSSR count). The molecule has 1 heterocycles. The van der Waals surface area contributed by atoms with E-state index in [1.165, 1.54) is 0 Å². The van der Waals surface area contributed by atoms with Crippen molar-refractivity contribution in [3.63, 3.8) is 0 Å². The van der Waals surface area contributed by atoms with E-state index in [2.05, 4.69) is 4.74 Å². The van der Waals surface area contributed by atoms with Gasteiger partial charge in [-0.25, -0.2) is 4.79 Å². The summed E-state index contributed by atoms with van der Waals surface area (Å²) in [6, 6.07) is 1.78. The highest BCUT2D eigenvalue weighted by atomic mass is 19.4. The smallest absolute Gasteiger partial charge is 0.454 e. The van der Waals surface area contributed by atoms with Crippen molar-refractivity contribution in [1.29, 1.82) is 0 Å². The summed E-state index contributed by atoms with van der Waals surface area (Å²) in [6.45, 7) is 0. The molecule has 0 atom stereocenters. The molecule has 1 aromatic carbocycles. The van der Waals surface area contributed by atoms with Crippen molar-refractivity contribution in [3.05, 3.63) is 29.0 Å². The van der Waals surface area contributed by atoms with Gasteiger partial charge >= 0.3 is 18.3 Å². The van der Waals surface area contributed by atoms with Gasteiger partial charge in [0.2, 0.25) is 0 Å². The minimum atomic E-state index is -5.55. The lowest BCUT2D eigenvalue weighted by atomic mass is 10.0. The molecule has 1 N–H and O–H groups in total. The number of aromatic amines is 1. The van der Waals surface area contributed by atoms with Gasteiger partial charge in [0.25, 0.3) is 5.78 Å². The number of hydrogen-bond donors (Lipinski definition) is 1. The number of fused-ring (bicyclic) bond motifs is 1. The minimum absolute atomic E-state index is 0.225. The normalized spacial score (nSPS) is 12.3. The molecule has 5 nitrogen and oxygen atoms in total. The molecule has 0 unspecified atom stereocenters. The predicted molar refractivity (Wildman–Crippen MR) is 71.6 cm³/mol. The quantitative estimate of drug-likeness (QED) is 0.509. The molecule has 25 heavy (non-hydrogen) atoms. The number of ether oxygens (including phenoxy) is 2. The number of benzene rings is 1. The van der Waals surface area contributed by atoms with Crippen LogP contribution in [0, 0.1) is 0 Å². The van der Waals surface area contributed by atoms with Gasteiger partial charge in [-0.15, -0.1) is 0 Å². The highest BCUT2D eigenvalue weighted by molar-refractivity contribution is 6.15. The average Bonchev–Trinajstić information content (AvgIpc) is 2.90. The molecule has 1 aromatic heterocycles. The minimum Gasteiger partial charge on any atom is -0.497 e. The molecular formula is C14H9F6NO4. The zero-order valence-corrected chi connectivity index (χ0v) is 12.6. The van der Waals surface area contributed by atoms with Crippen LogP contribution in [0.2, 0.25) is 0 Å². The summed E-state index contributed by atoms with van der Waals surface area (Å²) in [5.41, 5.74) is -4.68. The van der Waals surface area contributed by atoms with Crippen molar-refractivity contribution in [2.75, 3.05) is 14.2 Å². The third kappa shape index (κ3) is 3.26. The molecule has 0 radical (unpaired) electrons. The lowest BCUT2D eigenvalue weighted by molar-refractivity contribution is -0.141. The summed E-state index contributed by atoms with van der Waals surface area (Å²) < 4.78 is 86.9. The van der Waals surface area contributed by atoms with Crippen LogP contribution in [0.4, 0.5) is 26.3 Å². The van der Waals surface area contributed by atoms with Crippen LogP contribution in [0.25, 0.3) is 10.9 Å². The average molecular weight is 369 g/mol. The van der Waals surface area contributed by atoms with Crippen LogP contribution in [-0.2, 0) is 10.9 Å². The maximum atomic E-state index is 13.1. The number of aromatic nitrogens is 1. The highest BCUT2D eigenvalue weighted by Crippen LogP contribution is 2.40. The first-order valence-electron chi connectivity index (χ1n) is 6.42. The Hall–Kier alpha value is -2.72. The van der Waals surface area contributed by atoms with Gasteiger partial charge in [0, 0.05) is 5.39 Å². The van der Waals surface area contributed by atoms with E-state index in [1.54, 1.807) is 4.98 Å². The van der Waals surface area contributed by atoms with E-state index < -0.39 is 51.8 Å². The maximum absolute atomic E-state index is 13.1. The van der Waals surface area contributed by atoms with Gasteiger partial charge in [-0.1, -0.05) is 0 Å². The van der Waals surface area contributed by atoms with Crippen LogP contribution in [0.3, 0.4) is 0 Å². The van der Waals surface area contributed by atoms with Crippen LogP contribution >= 0.6 is 0 Å². The van der Waals surface area contributed by atoms with Crippen molar-refractivity contribution in [1.82, 2.24) is 4.98 Å². The number of Topliss-reactive ketones (excluding diaryl/α,β-unsaturated/α-hetero) is 1. The number of carbonyl (C=O) groups is 2. The standard InChI is InChI=1S/C14H9F6NO4/c1-24-5-3-6-8(11(22)14(18,19)20)10(13(15,16)17)21-9(6)7(4-5)12(23)25-2/h3-4,21H,1-2H3. The molecule has 0 saturated heterocycles. The molecule has 0 aliphatic heterocycles. The summed E-state index contributed by atoms with van der Waals surface area (Å²) in [6.07, 6.45) is -10.8. The number of alkyl halides is 6. The second kappa shape index (κ2) is 5.97. The molecule has 2 aromatic rings. The first kappa shape index (κ1) is 18.6. The maximum Gasteiger partial charge on any atom is 0.454 e. The van der Waals surface area contributed by atoms with Crippen LogP contribution in [0.5, 0.6) is 5.75 Å². The van der Waals surface area contributed by atoms with Crippen molar-refractivity contribution in [2.24, 2.45) is 0 Å². The van der Waals surface area contributed by atoms with Crippen molar-refractivity contribution >= 4 is 22.7 Å². The molecule has 0 fully saturated rings.